The van der Waals surface area contributed by atoms with Gasteiger partial charge in [-0.2, -0.15) is 0 Å². The van der Waals surface area contributed by atoms with Crippen molar-refractivity contribution in [3.8, 4) is 5.75 Å². The number of aromatic hydroxyl groups is 1. The van der Waals surface area contributed by atoms with Crippen LogP contribution in [0.15, 0.2) is 18.2 Å². The number of phenolic OH excluding ortho intramolecular Hbond substituents is 1. The van der Waals surface area contributed by atoms with E-state index in [1.807, 2.05) is 0 Å². The molecule has 0 amide bonds. The number of hydrogen-bond donors (Lipinski definition) is 1. The average molecular weight is 199 g/mol. The van der Waals surface area contributed by atoms with Crippen molar-refractivity contribution >= 4 is 16.8 Å². The fourth-order valence-electron chi connectivity index (χ4n) is 1.18. The number of carbonyl (C=O) groups is 1. The van der Waals surface area contributed by atoms with Crippen LogP contribution in [0.3, 0.4) is 0 Å². The molecule has 70 valence electrons. The zero-order valence-electron chi connectivity index (χ0n) is 7.38. The summed E-state index contributed by atoms with van der Waals surface area (Å²) in [6.45, 7) is 2.05. The highest BCUT2D eigenvalue weighted by Gasteiger charge is 2.08. The summed E-state index contributed by atoms with van der Waals surface area (Å²) in [5, 5.41) is 8.65. The summed E-state index contributed by atoms with van der Waals surface area (Å²) in [5.41, 5.74) is 1.21. The topological polar surface area (TPSA) is 37.3 Å². The Morgan fingerprint density at radius 3 is 2.77 bits per heavy atom. The first-order valence-corrected chi connectivity index (χ1v) is 4.54. The Kier molecular flexibility index (Phi) is 3.32. The van der Waals surface area contributed by atoms with Gasteiger partial charge in [0.25, 0.3) is 5.24 Å². The molecule has 0 saturated carbocycles. The second kappa shape index (κ2) is 4.28. The van der Waals surface area contributed by atoms with Crippen LogP contribution in [0.5, 0.6) is 5.75 Å². The van der Waals surface area contributed by atoms with Crippen LogP contribution in [0.1, 0.15) is 29.3 Å². The molecule has 3 heteroatoms. The molecule has 0 unspecified atom stereocenters. The SMILES string of the molecule is CCCc1ccc(O)c(C(=O)Cl)c1. The number of benzene rings is 1. The van der Waals surface area contributed by atoms with Gasteiger partial charge in [-0.25, -0.2) is 0 Å². The van der Waals surface area contributed by atoms with Gasteiger partial charge >= 0.3 is 0 Å². The normalized spacial score (nSPS) is 10.0. The molecule has 0 radical (unpaired) electrons. The first-order chi connectivity index (χ1) is 6.15. The van der Waals surface area contributed by atoms with Crippen molar-refractivity contribution in [2.24, 2.45) is 0 Å². The largest absolute Gasteiger partial charge is 0.507 e. The van der Waals surface area contributed by atoms with Gasteiger partial charge in [-0.1, -0.05) is 19.4 Å². The minimum absolute atomic E-state index is 0.0557. The van der Waals surface area contributed by atoms with Gasteiger partial charge in [0, 0.05) is 0 Å². The van der Waals surface area contributed by atoms with E-state index in [0.717, 1.165) is 18.4 Å². The van der Waals surface area contributed by atoms with E-state index in [9.17, 15) is 9.90 Å². The van der Waals surface area contributed by atoms with Crippen molar-refractivity contribution in [2.75, 3.05) is 0 Å². The van der Waals surface area contributed by atoms with Crippen LogP contribution in [0.2, 0.25) is 0 Å². The third-order valence-corrected chi connectivity index (χ3v) is 2.01. The molecule has 0 bridgehead atoms. The summed E-state index contributed by atoms with van der Waals surface area (Å²) < 4.78 is 0. The van der Waals surface area contributed by atoms with Gasteiger partial charge in [0.2, 0.25) is 0 Å². The summed E-state index contributed by atoms with van der Waals surface area (Å²) in [4.78, 5) is 10.8. The van der Waals surface area contributed by atoms with Gasteiger partial charge in [-0.05, 0) is 35.7 Å². The average Bonchev–Trinajstić information content (AvgIpc) is 2.08. The second-order valence-electron chi connectivity index (χ2n) is 2.88. The highest BCUT2D eigenvalue weighted by Crippen LogP contribution is 2.20. The molecule has 2 nitrogen and oxygen atoms in total. The van der Waals surface area contributed by atoms with E-state index in [4.69, 9.17) is 11.6 Å². The Balaban J connectivity index is 3.04. The molecule has 1 rings (SSSR count). The fourth-order valence-corrected chi connectivity index (χ4v) is 1.34. The second-order valence-corrected chi connectivity index (χ2v) is 3.22. The quantitative estimate of drug-likeness (QED) is 0.759. The predicted molar refractivity (Wildman–Crippen MR) is 52.3 cm³/mol. The Morgan fingerprint density at radius 1 is 1.54 bits per heavy atom. The van der Waals surface area contributed by atoms with E-state index in [2.05, 4.69) is 6.92 Å². The van der Waals surface area contributed by atoms with Gasteiger partial charge in [0.15, 0.2) is 0 Å². The molecule has 1 aromatic carbocycles. The molecule has 0 aromatic heterocycles. The van der Waals surface area contributed by atoms with E-state index < -0.39 is 5.24 Å². The summed E-state index contributed by atoms with van der Waals surface area (Å²) in [5.74, 6) is -0.0557. The molecule has 0 heterocycles. The molecule has 0 atom stereocenters. The predicted octanol–water partition coefficient (Wildman–Crippen LogP) is 2.72. The maximum Gasteiger partial charge on any atom is 0.256 e. The minimum Gasteiger partial charge on any atom is -0.507 e. The van der Waals surface area contributed by atoms with Crippen molar-refractivity contribution < 1.29 is 9.90 Å². The lowest BCUT2D eigenvalue weighted by Gasteiger charge is -2.02. The van der Waals surface area contributed by atoms with Crippen molar-refractivity contribution in [2.45, 2.75) is 19.8 Å². The molecule has 0 saturated heterocycles. The standard InChI is InChI=1S/C10H11ClO2/c1-2-3-7-4-5-9(12)8(6-7)10(11)13/h4-6,12H,2-3H2,1H3. The molecule has 0 aliphatic carbocycles. The van der Waals surface area contributed by atoms with E-state index in [-0.39, 0.29) is 11.3 Å². The van der Waals surface area contributed by atoms with Gasteiger partial charge in [-0.3, -0.25) is 4.79 Å². The van der Waals surface area contributed by atoms with Gasteiger partial charge in [-0.15, -0.1) is 0 Å². The summed E-state index contributed by atoms with van der Waals surface area (Å²) in [6.07, 6.45) is 1.89. The van der Waals surface area contributed by atoms with Crippen molar-refractivity contribution in [1.29, 1.82) is 0 Å². The van der Waals surface area contributed by atoms with Crippen molar-refractivity contribution in [1.82, 2.24) is 0 Å². The maximum absolute atomic E-state index is 10.8. The van der Waals surface area contributed by atoms with E-state index in [1.165, 1.54) is 6.07 Å². The molecule has 0 aliphatic heterocycles. The Hall–Kier alpha value is -1.02. The van der Waals surface area contributed by atoms with Crippen LogP contribution in [0, 0.1) is 0 Å². The molecular formula is C10H11ClO2. The Bertz CT molecular complexity index is 321. The Morgan fingerprint density at radius 2 is 2.23 bits per heavy atom. The lowest BCUT2D eigenvalue weighted by molar-refractivity contribution is 0.107. The van der Waals surface area contributed by atoms with Gasteiger partial charge in [0.1, 0.15) is 5.75 Å². The van der Waals surface area contributed by atoms with E-state index in [1.54, 1.807) is 12.1 Å². The minimum atomic E-state index is -0.615. The third-order valence-electron chi connectivity index (χ3n) is 1.81. The zero-order valence-corrected chi connectivity index (χ0v) is 8.14. The molecule has 1 N–H and O–H groups in total. The first-order valence-electron chi connectivity index (χ1n) is 4.17. The van der Waals surface area contributed by atoms with E-state index >= 15 is 0 Å². The van der Waals surface area contributed by atoms with Crippen LogP contribution in [-0.2, 0) is 6.42 Å². The van der Waals surface area contributed by atoms with E-state index in [0.29, 0.717) is 0 Å². The summed E-state index contributed by atoms with van der Waals surface area (Å²) >= 11 is 5.28. The number of rotatable bonds is 3. The van der Waals surface area contributed by atoms with Crippen LogP contribution in [0.4, 0.5) is 0 Å². The summed E-state index contributed by atoms with van der Waals surface area (Å²) in [7, 11) is 0. The molecule has 0 fully saturated rings. The molecular weight excluding hydrogens is 188 g/mol. The smallest absolute Gasteiger partial charge is 0.256 e. The number of halogens is 1. The van der Waals surface area contributed by atoms with Gasteiger partial charge in [0.05, 0.1) is 5.56 Å². The maximum atomic E-state index is 10.8. The van der Waals surface area contributed by atoms with Gasteiger partial charge < -0.3 is 5.11 Å². The highest BCUT2D eigenvalue weighted by molar-refractivity contribution is 6.68. The Labute approximate surface area is 82.2 Å². The molecule has 0 spiro atoms. The number of aryl methyl sites for hydroxylation is 1. The summed E-state index contributed by atoms with van der Waals surface area (Å²) in [6, 6.07) is 4.93. The first kappa shape index (κ1) is 10.1. The van der Waals surface area contributed by atoms with Crippen molar-refractivity contribution in [3.05, 3.63) is 29.3 Å². The molecule has 13 heavy (non-hydrogen) atoms. The van der Waals surface area contributed by atoms with Crippen LogP contribution < -0.4 is 0 Å². The highest BCUT2D eigenvalue weighted by atomic mass is 35.5. The van der Waals surface area contributed by atoms with Crippen LogP contribution >= 0.6 is 11.6 Å². The molecule has 1 aromatic rings. The lowest BCUT2D eigenvalue weighted by Crippen LogP contribution is -1.92. The van der Waals surface area contributed by atoms with Crippen LogP contribution in [0.25, 0.3) is 0 Å². The number of hydrogen-bond acceptors (Lipinski definition) is 2. The zero-order chi connectivity index (χ0) is 9.84. The number of carbonyl (C=O) groups excluding carboxylic acids is 1. The fraction of sp³-hybridized carbons (Fsp3) is 0.300. The molecule has 0 aliphatic rings. The number of phenols is 1. The van der Waals surface area contributed by atoms with Crippen molar-refractivity contribution in [3.63, 3.8) is 0 Å². The third kappa shape index (κ3) is 2.46. The monoisotopic (exact) mass is 198 g/mol. The van der Waals surface area contributed by atoms with Crippen LogP contribution in [-0.4, -0.2) is 10.3 Å². The lowest BCUT2D eigenvalue weighted by atomic mass is 10.1.